The van der Waals surface area contributed by atoms with E-state index in [1.54, 1.807) is 0 Å². The third-order valence-electron chi connectivity index (χ3n) is 2.41. The van der Waals surface area contributed by atoms with Crippen molar-refractivity contribution in [2.24, 2.45) is 0 Å². The van der Waals surface area contributed by atoms with Gasteiger partial charge in [0.05, 0.1) is 12.2 Å². The second-order valence-electron chi connectivity index (χ2n) is 5.63. The zero-order chi connectivity index (χ0) is 15.0. The molecule has 0 aliphatic carbocycles. The zero-order valence-electron chi connectivity index (χ0n) is 12.8. The Morgan fingerprint density at radius 3 is 2.40 bits per heavy atom. The van der Waals surface area contributed by atoms with Crippen molar-refractivity contribution in [1.29, 1.82) is 0 Å². The maximum atomic E-state index is 12.2. The topological polar surface area (TPSA) is 35.5 Å². The summed E-state index contributed by atoms with van der Waals surface area (Å²) < 4.78 is 10.9. The van der Waals surface area contributed by atoms with Crippen molar-refractivity contribution < 1.29 is 14.3 Å². The standard InChI is InChI=1S/C17H24O3/c1-5-11-19-13-15(16(18)20-17(2,3)4)12-14-9-7-6-8-10-14/h6-10,12H,5,11,13H2,1-4H3. The van der Waals surface area contributed by atoms with Gasteiger partial charge >= 0.3 is 5.97 Å². The lowest BCUT2D eigenvalue weighted by molar-refractivity contribution is -0.150. The molecule has 0 amide bonds. The normalized spacial score (nSPS) is 12.3. The molecule has 0 heterocycles. The van der Waals surface area contributed by atoms with Crippen LogP contribution in [0.2, 0.25) is 0 Å². The van der Waals surface area contributed by atoms with E-state index in [0.717, 1.165) is 12.0 Å². The average Bonchev–Trinajstić information content (AvgIpc) is 2.37. The molecule has 1 aromatic rings. The quantitative estimate of drug-likeness (QED) is 0.450. The molecule has 0 aliphatic heterocycles. The number of rotatable bonds is 6. The van der Waals surface area contributed by atoms with Crippen molar-refractivity contribution in [3.05, 3.63) is 41.5 Å². The van der Waals surface area contributed by atoms with Crippen LogP contribution >= 0.6 is 0 Å². The van der Waals surface area contributed by atoms with Crippen molar-refractivity contribution >= 4 is 12.0 Å². The number of ether oxygens (including phenoxy) is 2. The molecular formula is C17H24O3. The van der Waals surface area contributed by atoms with E-state index >= 15 is 0 Å². The first-order chi connectivity index (χ1) is 9.42. The largest absolute Gasteiger partial charge is 0.457 e. The molecule has 0 spiro atoms. The minimum absolute atomic E-state index is 0.275. The van der Waals surface area contributed by atoms with E-state index in [2.05, 4.69) is 0 Å². The van der Waals surface area contributed by atoms with Gasteiger partial charge < -0.3 is 9.47 Å². The molecule has 0 aromatic heterocycles. The summed E-state index contributed by atoms with van der Waals surface area (Å²) in [6.07, 6.45) is 2.75. The Morgan fingerprint density at radius 1 is 1.20 bits per heavy atom. The van der Waals surface area contributed by atoms with Gasteiger partial charge in [-0.25, -0.2) is 4.79 Å². The molecule has 0 radical (unpaired) electrons. The molecule has 20 heavy (non-hydrogen) atoms. The van der Waals surface area contributed by atoms with Gasteiger partial charge in [-0.2, -0.15) is 0 Å². The Bertz CT molecular complexity index is 441. The third-order valence-corrected chi connectivity index (χ3v) is 2.41. The van der Waals surface area contributed by atoms with E-state index in [9.17, 15) is 4.79 Å². The predicted molar refractivity (Wildman–Crippen MR) is 81.4 cm³/mol. The van der Waals surface area contributed by atoms with Crippen LogP contribution in [-0.4, -0.2) is 24.8 Å². The van der Waals surface area contributed by atoms with E-state index in [-0.39, 0.29) is 12.6 Å². The highest BCUT2D eigenvalue weighted by Crippen LogP contribution is 2.14. The number of benzene rings is 1. The number of hydrogen-bond donors (Lipinski definition) is 0. The second kappa shape index (κ2) is 7.85. The molecule has 1 aromatic carbocycles. The Balaban J connectivity index is 2.84. The molecule has 0 atom stereocenters. The summed E-state index contributed by atoms with van der Waals surface area (Å²) in [4.78, 5) is 12.2. The maximum Gasteiger partial charge on any atom is 0.336 e. The minimum atomic E-state index is -0.502. The molecule has 0 N–H and O–H groups in total. The lowest BCUT2D eigenvalue weighted by Crippen LogP contribution is -2.26. The van der Waals surface area contributed by atoms with E-state index in [1.807, 2.05) is 64.1 Å². The molecule has 110 valence electrons. The van der Waals surface area contributed by atoms with Crippen molar-refractivity contribution in [2.75, 3.05) is 13.2 Å². The Labute approximate surface area is 121 Å². The average molecular weight is 276 g/mol. The van der Waals surface area contributed by atoms with Crippen LogP contribution < -0.4 is 0 Å². The van der Waals surface area contributed by atoms with Gasteiger partial charge in [0.25, 0.3) is 0 Å². The van der Waals surface area contributed by atoms with E-state index in [1.165, 1.54) is 0 Å². The number of hydrogen-bond acceptors (Lipinski definition) is 3. The Morgan fingerprint density at radius 2 is 1.85 bits per heavy atom. The summed E-state index contributed by atoms with van der Waals surface area (Å²) in [5, 5.41) is 0. The number of carbonyl (C=O) groups excluding carboxylic acids is 1. The van der Waals surface area contributed by atoms with Gasteiger partial charge in [0.15, 0.2) is 0 Å². The van der Waals surface area contributed by atoms with Gasteiger partial charge in [-0.15, -0.1) is 0 Å². The van der Waals surface area contributed by atoms with E-state index < -0.39 is 5.60 Å². The van der Waals surface area contributed by atoms with Crippen molar-refractivity contribution in [2.45, 2.75) is 39.7 Å². The van der Waals surface area contributed by atoms with Crippen molar-refractivity contribution in [1.82, 2.24) is 0 Å². The van der Waals surface area contributed by atoms with Crippen LogP contribution in [0.25, 0.3) is 6.08 Å². The molecule has 0 bridgehead atoms. The molecule has 0 saturated carbocycles. The smallest absolute Gasteiger partial charge is 0.336 e. The lowest BCUT2D eigenvalue weighted by Gasteiger charge is -2.20. The van der Waals surface area contributed by atoms with Gasteiger partial charge in [-0.1, -0.05) is 37.3 Å². The fourth-order valence-electron chi connectivity index (χ4n) is 1.58. The van der Waals surface area contributed by atoms with E-state index in [4.69, 9.17) is 9.47 Å². The molecule has 1 rings (SSSR count). The fourth-order valence-corrected chi connectivity index (χ4v) is 1.58. The molecule has 0 unspecified atom stereocenters. The molecule has 3 heteroatoms. The highest BCUT2D eigenvalue weighted by Gasteiger charge is 2.19. The third kappa shape index (κ3) is 6.53. The van der Waals surface area contributed by atoms with Gasteiger partial charge in [-0.05, 0) is 38.8 Å². The van der Waals surface area contributed by atoms with Crippen LogP contribution in [-0.2, 0) is 14.3 Å². The molecule has 0 aliphatic rings. The first kappa shape index (κ1) is 16.4. The van der Waals surface area contributed by atoms with Crippen molar-refractivity contribution in [3.63, 3.8) is 0 Å². The number of esters is 1. The highest BCUT2D eigenvalue weighted by molar-refractivity contribution is 5.94. The van der Waals surface area contributed by atoms with Crippen LogP contribution in [0.4, 0.5) is 0 Å². The predicted octanol–water partition coefficient (Wildman–Crippen LogP) is 3.84. The van der Waals surface area contributed by atoms with Crippen LogP contribution in [0.1, 0.15) is 39.7 Å². The molecular weight excluding hydrogens is 252 g/mol. The van der Waals surface area contributed by atoms with Crippen LogP contribution in [0.3, 0.4) is 0 Å². The highest BCUT2D eigenvalue weighted by atomic mass is 16.6. The van der Waals surface area contributed by atoms with Gasteiger partial charge in [-0.3, -0.25) is 0 Å². The van der Waals surface area contributed by atoms with Crippen LogP contribution in [0.5, 0.6) is 0 Å². The number of carbonyl (C=O) groups is 1. The van der Waals surface area contributed by atoms with Gasteiger partial charge in [0.2, 0.25) is 0 Å². The first-order valence-corrected chi connectivity index (χ1v) is 6.99. The summed E-state index contributed by atoms with van der Waals surface area (Å²) in [5.74, 6) is -0.322. The summed E-state index contributed by atoms with van der Waals surface area (Å²) in [5.41, 5.74) is 1.01. The molecule has 3 nitrogen and oxygen atoms in total. The zero-order valence-corrected chi connectivity index (χ0v) is 12.8. The summed E-state index contributed by atoms with van der Waals surface area (Å²) in [6, 6.07) is 9.71. The minimum Gasteiger partial charge on any atom is -0.457 e. The van der Waals surface area contributed by atoms with Crippen LogP contribution in [0, 0.1) is 0 Å². The summed E-state index contributed by atoms with van der Waals surface area (Å²) >= 11 is 0. The van der Waals surface area contributed by atoms with Gasteiger partial charge in [0, 0.05) is 6.61 Å². The van der Waals surface area contributed by atoms with Gasteiger partial charge in [0.1, 0.15) is 5.60 Å². The van der Waals surface area contributed by atoms with Crippen LogP contribution in [0.15, 0.2) is 35.9 Å². The summed E-state index contributed by atoms with van der Waals surface area (Å²) in [7, 11) is 0. The SMILES string of the molecule is CCCOCC(=Cc1ccccc1)C(=O)OC(C)(C)C. The van der Waals surface area contributed by atoms with Crippen molar-refractivity contribution in [3.8, 4) is 0 Å². The maximum absolute atomic E-state index is 12.2. The Kier molecular flexibility index (Phi) is 6.46. The second-order valence-corrected chi connectivity index (χ2v) is 5.63. The summed E-state index contributed by atoms with van der Waals surface area (Å²) in [6.45, 7) is 8.52. The Hall–Kier alpha value is -1.61. The first-order valence-electron chi connectivity index (χ1n) is 6.99. The molecule has 0 saturated heterocycles. The monoisotopic (exact) mass is 276 g/mol. The lowest BCUT2D eigenvalue weighted by atomic mass is 10.1. The van der Waals surface area contributed by atoms with E-state index in [0.29, 0.717) is 12.2 Å². The molecule has 0 fully saturated rings. The fraction of sp³-hybridized carbons (Fsp3) is 0.471.